The lowest BCUT2D eigenvalue weighted by molar-refractivity contribution is -0.119. The molecular formula is C22H24N8O2. The summed E-state index contributed by atoms with van der Waals surface area (Å²) < 4.78 is 1.40. The zero-order valence-electron chi connectivity index (χ0n) is 18.2. The van der Waals surface area contributed by atoms with Crippen LogP contribution in [0.1, 0.15) is 29.4 Å². The summed E-state index contributed by atoms with van der Waals surface area (Å²) in [5, 5.41) is 14.2. The number of anilines is 1. The maximum Gasteiger partial charge on any atom is 0.313 e. The number of nitrogens with zero attached hydrogens (tertiary/aromatic N) is 6. The van der Waals surface area contributed by atoms with Crippen LogP contribution in [0.25, 0.3) is 11.2 Å². The Kier molecular flexibility index (Phi) is 5.93. The molecule has 0 saturated heterocycles. The summed E-state index contributed by atoms with van der Waals surface area (Å²) in [6, 6.07) is 11.8. The van der Waals surface area contributed by atoms with Crippen LogP contribution >= 0.6 is 0 Å². The van der Waals surface area contributed by atoms with E-state index in [4.69, 9.17) is 0 Å². The number of hydrogen-bond donors (Lipinski definition) is 2. The van der Waals surface area contributed by atoms with E-state index in [2.05, 4.69) is 30.9 Å². The summed E-state index contributed by atoms with van der Waals surface area (Å²) in [6.07, 6.45) is 2.37. The van der Waals surface area contributed by atoms with Gasteiger partial charge in [0.25, 0.3) is 0 Å². The molecule has 0 unspecified atom stereocenters. The molecule has 4 rings (SSSR count). The number of hydrogen-bond acceptors (Lipinski definition) is 7. The van der Waals surface area contributed by atoms with E-state index >= 15 is 0 Å². The van der Waals surface area contributed by atoms with Crippen molar-refractivity contribution in [1.29, 1.82) is 0 Å². The van der Waals surface area contributed by atoms with Gasteiger partial charge in [0, 0.05) is 25.7 Å². The third kappa shape index (κ3) is 4.34. The predicted octanol–water partition coefficient (Wildman–Crippen LogP) is 1.60. The Bertz CT molecular complexity index is 1330. The first-order chi connectivity index (χ1) is 15.4. The molecule has 164 valence electrons. The highest BCUT2D eigenvalue weighted by atomic mass is 16.1. The number of aryl methyl sites for hydroxylation is 2. The second-order valence-electron chi connectivity index (χ2n) is 7.49. The van der Waals surface area contributed by atoms with Crippen LogP contribution in [0.15, 0.2) is 47.4 Å². The van der Waals surface area contributed by atoms with Crippen molar-refractivity contribution in [3.05, 3.63) is 75.5 Å². The quantitative estimate of drug-likeness (QED) is 0.455. The number of carbonyl (C=O) groups excluding carboxylic acids is 1. The molecule has 0 aliphatic heterocycles. The molecule has 3 heterocycles. The highest BCUT2D eigenvalue weighted by Crippen LogP contribution is 2.15. The van der Waals surface area contributed by atoms with Gasteiger partial charge in [-0.1, -0.05) is 30.3 Å². The fourth-order valence-corrected chi connectivity index (χ4v) is 3.36. The molecule has 10 heteroatoms. The van der Waals surface area contributed by atoms with Crippen LogP contribution in [-0.2, 0) is 17.8 Å². The SMILES string of the molecule is CC(=O)NCc1cc2nnn(-n3c(C)cnc(NCCc4ccccc4)c3=O)c2nc1C. The van der Waals surface area contributed by atoms with Crippen molar-refractivity contribution in [2.75, 3.05) is 11.9 Å². The molecule has 4 aromatic rings. The maximum absolute atomic E-state index is 13.2. The number of benzene rings is 1. The van der Waals surface area contributed by atoms with Gasteiger partial charge in [0.15, 0.2) is 5.82 Å². The summed E-state index contributed by atoms with van der Waals surface area (Å²) in [7, 11) is 0. The van der Waals surface area contributed by atoms with Crippen molar-refractivity contribution in [1.82, 2.24) is 35.1 Å². The highest BCUT2D eigenvalue weighted by molar-refractivity contribution is 5.74. The van der Waals surface area contributed by atoms with Gasteiger partial charge in [0.05, 0.1) is 11.9 Å². The smallest absolute Gasteiger partial charge is 0.313 e. The molecule has 0 aliphatic rings. The van der Waals surface area contributed by atoms with Gasteiger partial charge in [-0.25, -0.2) is 9.97 Å². The second-order valence-corrected chi connectivity index (χ2v) is 7.49. The largest absolute Gasteiger partial charge is 0.365 e. The normalized spacial score (nSPS) is 11.0. The van der Waals surface area contributed by atoms with E-state index in [0.29, 0.717) is 29.9 Å². The molecule has 10 nitrogen and oxygen atoms in total. The van der Waals surface area contributed by atoms with Crippen molar-refractivity contribution in [2.24, 2.45) is 0 Å². The number of nitrogens with one attached hydrogen (secondary N) is 2. The minimum absolute atomic E-state index is 0.126. The maximum atomic E-state index is 13.2. The lowest BCUT2D eigenvalue weighted by Gasteiger charge is -2.12. The zero-order chi connectivity index (χ0) is 22.7. The number of rotatable bonds is 7. The van der Waals surface area contributed by atoms with Crippen LogP contribution in [0.5, 0.6) is 0 Å². The average molecular weight is 432 g/mol. The highest BCUT2D eigenvalue weighted by Gasteiger charge is 2.16. The summed E-state index contributed by atoms with van der Waals surface area (Å²) >= 11 is 0. The number of carbonyl (C=O) groups is 1. The Balaban J connectivity index is 1.64. The minimum atomic E-state index is -0.341. The van der Waals surface area contributed by atoms with Crippen LogP contribution in [-0.4, -0.2) is 42.2 Å². The predicted molar refractivity (Wildman–Crippen MR) is 120 cm³/mol. The summed E-state index contributed by atoms with van der Waals surface area (Å²) in [5.41, 5.74) is 3.95. The standard InChI is InChI=1S/C22H24N8O2/c1-14-12-25-20(23-10-9-17-7-5-4-6-8-17)22(32)29(14)30-21-19(27-28-30)11-18(15(2)26-21)13-24-16(3)31/h4-8,11-12H,9-10,13H2,1-3H3,(H,23,25)(H,24,31). The van der Waals surface area contributed by atoms with Gasteiger partial charge in [-0.3, -0.25) is 9.59 Å². The van der Waals surface area contributed by atoms with Gasteiger partial charge in [0.1, 0.15) is 5.52 Å². The van der Waals surface area contributed by atoms with Crippen LogP contribution in [0.3, 0.4) is 0 Å². The molecule has 0 radical (unpaired) electrons. The molecule has 3 aromatic heterocycles. The van der Waals surface area contributed by atoms with E-state index in [1.54, 1.807) is 13.1 Å². The van der Waals surface area contributed by atoms with Gasteiger partial charge in [0.2, 0.25) is 11.6 Å². The fraction of sp³-hybridized carbons (Fsp3) is 0.273. The van der Waals surface area contributed by atoms with Crippen molar-refractivity contribution < 1.29 is 4.79 Å². The number of pyridine rings is 1. The Morgan fingerprint density at radius 3 is 2.69 bits per heavy atom. The number of fused-ring (bicyclic) bond motifs is 1. The first kappa shape index (κ1) is 21.2. The minimum Gasteiger partial charge on any atom is -0.365 e. The van der Waals surface area contributed by atoms with Crippen LogP contribution in [0.2, 0.25) is 0 Å². The molecule has 1 aromatic carbocycles. The molecule has 0 aliphatic carbocycles. The fourth-order valence-electron chi connectivity index (χ4n) is 3.36. The summed E-state index contributed by atoms with van der Waals surface area (Å²) in [4.78, 5) is 34.6. The van der Waals surface area contributed by atoms with Gasteiger partial charge < -0.3 is 10.6 Å². The molecule has 1 amide bonds. The van der Waals surface area contributed by atoms with E-state index < -0.39 is 0 Å². The molecule has 0 bridgehead atoms. The van der Waals surface area contributed by atoms with Crippen LogP contribution < -0.4 is 16.2 Å². The van der Waals surface area contributed by atoms with Gasteiger partial charge in [-0.2, -0.15) is 4.68 Å². The first-order valence-corrected chi connectivity index (χ1v) is 10.3. The third-order valence-corrected chi connectivity index (χ3v) is 5.08. The van der Waals surface area contributed by atoms with Gasteiger partial charge in [-0.15, -0.1) is 9.89 Å². The van der Waals surface area contributed by atoms with Crippen LogP contribution in [0, 0.1) is 13.8 Å². The molecular weight excluding hydrogens is 408 g/mol. The van der Waals surface area contributed by atoms with Crippen molar-refractivity contribution in [2.45, 2.75) is 33.7 Å². The zero-order valence-corrected chi connectivity index (χ0v) is 18.2. The van der Waals surface area contributed by atoms with Crippen molar-refractivity contribution in [3.63, 3.8) is 0 Å². The lowest BCUT2D eigenvalue weighted by atomic mass is 10.1. The Labute approximate surface area is 184 Å². The van der Waals surface area contributed by atoms with Crippen LogP contribution in [0.4, 0.5) is 5.82 Å². The number of aromatic nitrogens is 6. The van der Waals surface area contributed by atoms with E-state index in [9.17, 15) is 9.59 Å². The third-order valence-electron chi connectivity index (χ3n) is 5.08. The van der Waals surface area contributed by atoms with Crippen molar-refractivity contribution in [3.8, 4) is 0 Å². The summed E-state index contributed by atoms with van der Waals surface area (Å²) in [6.45, 7) is 5.99. The average Bonchev–Trinajstić information content (AvgIpc) is 3.16. The monoisotopic (exact) mass is 432 g/mol. The van der Waals surface area contributed by atoms with Gasteiger partial charge in [-0.05, 0) is 42.7 Å². The Hall–Kier alpha value is -4.08. The molecule has 0 saturated carbocycles. The molecule has 32 heavy (non-hydrogen) atoms. The molecule has 0 spiro atoms. The van der Waals surface area contributed by atoms with Gasteiger partial charge >= 0.3 is 5.56 Å². The van der Waals surface area contributed by atoms with Crippen molar-refractivity contribution >= 4 is 22.9 Å². The Morgan fingerprint density at radius 2 is 1.94 bits per heavy atom. The molecule has 0 atom stereocenters. The lowest BCUT2D eigenvalue weighted by Crippen LogP contribution is -2.32. The van der Waals surface area contributed by atoms with E-state index in [1.165, 1.54) is 22.0 Å². The molecule has 0 fully saturated rings. The van der Waals surface area contributed by atoms with E-state index in [0.717, 1.165) is 17.7 Å². The van der Waals surface area contributed by atoms with E-state index in [1.807, 2.05) is 43.3 Å². The first-order valence-electron chi connectivity index (χ1n) is 10.3. The summed E-state index contributed by atoms with van der Waals surface area (Å²) in [5.74, 6) is 0.105. The molecule has 2 N–H and O–H groups in total. The topological polar surface area (TPSA) is 120 Å². The van der Waals surface area contributed by atoms with E-state index in [-0.39, 0.29) is 17.3 Å². The second kappa shape index (κ2) is 8.96. The number of amides is 1. The Morgan fingerprint density at radius 1 is 1.16 bits per heavy atom.